The van der Waals surface area contributed by atoms with E-state index in [-0.39, 0.29) is 24.3 Å². The lowest BCUT2D eigenvalue weighted by molar-refractivity contribution is -0.140. The molecule has 4 aliphatic heterocycles. The van der Waals surface area contributed by atoms with Crippen molar-refractivity contribution in [3.05, 3.63) is 53.1 Å². The van der Waals surface area contributed by atoms with Crippen LogP contribution in [-0.4, -0.2) is 53.5 Å². The maximum absolute atomic E-state index is 13.3. The van der Waals surface area contributed by atoms with E-state index in [4.69, 9.17) is 4.74 Å². The highest BCUT2D eigenvalue weighted by molar-refractivity contribution is 6.02. The molecule has 4 heterocycles. The number of amidine groups is 1. The number of aliphatic carboxylic acids is 1. The average Bonchev–Trinajstić information content (AvgIpc) is 3.43. The molecule has 7 heteroatoms. The lowest BCUT2D eigenvalue weighted by Crippen LogP contribution is -2.38. The number of fused-ring (bicyclic) bond motifs is 2. The molecule has 3 atom stereocenters. The first-order chi connectivity index (χ1) is 16.1. The number of carboxylic acid groups (broad SMARTS) is 1. The minimum absolute atomic E-state index is 0.0398. The molecule has 1 aromatic rings. The van der Waals surface area contributed by atoms with Crippen LogP contribution in [0.15, 0.2) is 47.0 Å². The quantitative estimate of drug-likeness (QED) is 0.635. The third-order valence-electron chi connectivity index (χ3n) is 7.13. The van der Waals surface area contributed by atoms with Gasteiger partial charge in [0.25, 0.3) is 0 Å². The first-order valence-corrected chi connectivity index (χ1v) is 12.1. The van der Waals surface area contributed by atoms with Crippen LogP contribution in [0.4, 0.5) is 0 Å². The molecule has 0 aromatic heterocycles. The number of carboxylic acids is 1. The van der Waals surface area contributed by atoms with E-state index >= 15 is 0 Å². The van der Waals surface area contributed by atoms with Crippen LogP contribution in [0.5, 0.6) is 5.75 Å². The maximum atomic E-state index is 13.3. The summed E-state index contributed by atoms with van der Waals surface area (Å²) in [6, 6.07) is 5.69. The smallest absolute Gasteiger partial charge is 0.305 e. The number of carbonyl (C=O) groups is 2. The normalized spacial score (nSPS) is 24.4. The van der Waals surface area contributed by atoms with Gasteiger partial charge in [-0.2, -0.15) is 0 Å². The van der Waals surface area contributed by atoms with Crippen LogP contribution in [0.25, 0.3) is 0 Å². The summed E-state index contributed by atoms with van der Waals surface area (Å²) in [6.07, 6.45) is 11.8. The summed E-state index contributed by atoms with van der Waals surface area (Å²) >= 11 is 0. The predicted molar refractivity (Wildman–Crippen MR) is 125 cm³/mol. The summed E-state index contributed by atoms with van der Waals surface area (Å²) in [5.74, 6) is 0.956. The van der Waals surface area contributed by atoms with Crippen LogP contribution in [0.2, 0.25) is 0 Å². The van der Waals surface area contributed by atoms with Crippen molar-refractivity contribution in [2.75, 3.05) is 19.7 Å². The Bertz CT molecular complexity index is 1030. The molecule has 1 aromatic carbocycles. The standard InChI is InChI=1S/C26H31N3O4/c30-24(31)16-22(20-7-6-17-11-14-33-23(17)15-20)29-13-10-19(26(29)32)3-1-5-21-9-8-18-4-2-12-27-25(18)28-21/h4,6-9,15,19,21-22H,1-3,5,10-14,16H2,(H,27,28)(H,30,31)/t19?,21-,22?/m0/s1. The monoisotopic (exact) mass is 449 g/mol. The number of nitrogens with one attached hydrogen (secondary N) is 1. The Hall–Kier alpha value is -3.09. The van der Waals surface area contributed by atoms with Gasteiger partial charge in [0, 0.05) is 37.0 Å². The molecule has 0 radical (unpaired) electrons. The minimum atomic E-state index is -0.896. The van der Waals surface area contributed by atoms with Gasteiger partial charge in [-0.25, -0.2) is 0 Å². The number of hydrogen-bond acceptors (Lipinski definition) is 5. The van der Waals surface area contributed by atoms with Gasteiger partial charge >= 0.3 is 5.97 Å². The number of benzene rings is 1. The van der Waals surface area contributed by atoms with Crippen molar-refractivity contribution in [2.24, 2.45) is 10.9 Å². The summed E-state index contributed by atoms with van der Waals surface area (Å²) < 4.78 is 5.67. The first kappa shape index (κ1) is 21.7. The Morgan fingerprint density at radius 3 is 3.12 bits per heavy atom. The van der Waals surface area contributed by atoms with Crippen molar-refractivity contribution in [1.29, 1.82) is 0 Å². The molecule has 0 spiro atoms. The van der Waals surface area contributed by atoms with Gasteiger partial charge in [-0.1, -0.05) is 36.8 Å². The highest BCUT2D eigenvalue weighted by Gasteiger charge is 2.37. The molecule has 0 aliphatic carbocycles. The van der Waals surface area contributed by atoms with Crippen molar-refractivity contribution in [3.8, 4) is 5.75 Å². The third kappa shape index (κ3) is 4.68. The minimum Gasteiger partial charge on any atom is -0.493 e. The van der Waals surface area contributed by atoms with Gasteiger partial charge in [0.2, 0.25) is 5.91 Å². The van der Waals surface area contributed by atoms with Crippen molar-refractivity contribution in [1.82, 2.24) is 10.2 Å². The van der Waals surface area contributed by atoms with E-state index < -0.39 is 12.0 Å². The number of hydrogen-bond donors (Lipinski definition) is 2. The lowest BCUT2D eigenvalue weighted by atomic mass is 9.96. The van der Waals surface area contributed by atoms with Crippen LogP contribution < -0.4 is 10.1 Å². The van der Waals surface area contributed by atoms with E-state index in [1.807, 2.05) is 18.2 Å². The largest absolute Gasteiger partial charge is 0.493 e. The SMILES string of the molecule is O=C(O)CC(c1ccc2c(c1)OCC2)N1CCC(CCC[C@H]2C=CC3=CCCN=C3N2)C1=O. The number of rotatable bonds is 8. The summed E-state index contributed by atoms with van der Waals surface area (Å²) in [6.45, 7) is 2.10. The zero-order chi connectivity index (χ0) is 22.8. The molecular formula is C26H31N3O4. The number of dihydropyridines is 1. The summed E-state index contributed by atoms with van der Waals surface area (Å²) in [5, 5.41) is 13.0. The fourth-order valence-corrected chi connectivity index (χ4v) is 5.36. The number of amides is 1. The first-order valence-electron chi connectivity index (χ1n) is 12.1. The molecule has 2 unspecified atom stereocenters. The molecular weight excluding hydrogens is 418 g/mol. The van der Waals surface area contributed by atoms with Crippen LogP contribution in [-0.2, 0) is 16.0 Å². The van der Waals surface area contributed by atoms with Crippen LogP contribution in [0, 0.1) is 5.92 Å². The van der Waals surface area contributed by atoms with E-state index in [0.29, 0.717) is 13.2 Å². The summed E-state index contributed by atoms with van der Waals surface area (Å²) in [7, 11) is 0. The molecule has 1 amide bonds. The predicted octanol–water partition coefficient (Wildman–Crippen LogP) is 3.41. The number of carbonyl (C=O) groups excluding carboxylic acids is 1. The second kappa shape index (κ2) is 9.41. The van der Waals surface area contributed by atoms with Gasteiger partial charge in [-0.3, -0.25) is 14.6 Å². The molecule has 2 N–H and O–H groups in total. The van der Waals surface area contributed by atoms with Gasteiger partial charge in [-0.05, 0) is 42.9 Å². The highest BCUT2D eigenvalue weighted by atomic mass is 16.5. The van der Waals surface area contributed by atoms with Gasteiger partial charge in [0.1, 0.15) is 11.6 Å². The fraction of sp³-hybridized carbons (Fsp3) is 0.500. The van der Waals surface area contributed by atoms with Crippen molar-refractivity contribution in [3.63, 3.8) is 0 Å². The molecule has 1 fully saturated rings. The van der Waals surface area contributed by atoms with E-state index in [1.54, 1.807) is 4.90 Å². The van der Waals surface area contributed by atoms with Crippen LogP contribution in [0.3, 0.4) is 0 Å². The number of aliphatic imine (C=N–C) groups is 1. The number of ether oxygens (including phenoxy) is 1. The molecule has 174 valence electrons. The zero-order valence-corrected chi connectivity index (χ0v) is 18.8. The van der Waals surface area contributed by atoms with E-state index in [2.05, 4.69) is 28.5 Å². The third-order valence-corrected chi connectivity index (χ3v) is 7.13. The topological polar surface area (TPSA) is 91.2 Å². The van der Waals surface area contributed by atoms with Gasteiger partial charge in [0.15, 0.2) is 0 Å². The van der Waals surface area contributed by atoms with Gasteiger partial charge < -0.3 is 20.1 Å². The van der Waals surface area contributed by atoms with Crippen molar-refractivity contribution in [2.45, 2.75) is 57.0 Å². The van der Waals surface area contributed by atoms with Crippen molar-refractivity contribution < 1.29 is 19.4 Å². The Balaban J connectivity index is 1.20. The molecule has 1 saturated heterocycles. The molecule has 7 nitrogen and oxygen atoms in total. The highest BCUT2D eigenvalue weighted by Crippen LogP contribution is 2.36. The summed E-state index contributed by atoms with van der Waals surface area (Å²) in [4.78, 5) is 31.2. The Morgan fingerprint density at radius 1 is 1.33 bits per heavy atom. The summed E-state index contributed by atoms with van der Waals surface area (Å²) in [5.41, 5.74) is 3.17. The van der Waals surface area contributed by atoms with E-state index in [1.165, 1.54) is 5.57 Å². The fourth-order valence-electron chi connectivity index (χ4n) is 5.36. The number of nitrogens with zero attached hydrogens (tertiary/aromatic N) is 2. The Kier molecular flexibility index (Phi) is 6.20. The lowest BCUT2D eigenvalue weighted by Gasteiger charge is -2.28. The molecule has 33 heavy (non-hydrogen) atoms. The maximum Gasteiger partial charge on any atom is 0.305 e. The Morgan fingerprint density at radius 2 is 2.24 bits per heavy atom. The average molecular weight is 450 g/mol. The van der Waals surface area contributed by atoms with Gasteiger partial charge in [0.05, 0.1) is 19.1 Å². The molecule has 0 bridgehead atoms. The van der Waals surface area contributed by atoms with Crippen molar-refractivity contribution >= 4 is 17.7 Å². The van der Waals surface area contributed by atoms with Gasteiger partial charge in [-0.15, -0.1) is 0 Å². The molecule has 5 rings (SSSR count). The van der Waals surface area contributed by atoms with Crippen LogP contribution >= 0.6 is 0 Å². The Labute approximate surface area is 194 Å². The van der Waals surface area contributed by atoms with Crippen LogP contribution in [0.1, 0.15) is 55.7 Å². The second-order valence-electron chi connectivity index (χ2n) is 9.32. The molecule has 0 saturated carbocycles. The van der Waals surface area contributed by atoms with E-state index in [0.717, 1.165) is 67.8 Å². The zero-order valence-electron chi connectivity index (χ0n) is 18.8. The molecule has 4 aliphatic rings. The second-order valence-corrected chi connectivity index (χ2v) is 9.32. The number of likely N-dealkylation sites (tertiary alicyclic amines) is 1. The van der Waals surface area contributed by atoms with E-state index in [9.17, 15) is 14.7 Å².